The second kappa shape index (κ2) is 11.7. The van der Waals surface area contributed by atoms with Gasteiger partial charge in [0.2, 0.25) is 0 Å². The minimum atomic E-state index is -2.67. The van der Waals surface area contributed by atoms with Gasteiger partial charge in [-0.1, -0.05) is 50.8 Å². The van der Waals surface area contributed by atoms with Crippen LogP contribution < -0.4 is 5.32 Å². The number of carbonyl (C=O) groups excluding carboxylic acids is 1. The number of halogens is 1. The van der Waals surface area contributed by atoms with Gasteiger partial charge in [-0.2, -0.15) is 0 Å². The van der Waals surface area contributed by atoms with Crippen LogP contribution in [0.2, 0.25) is 5.02 Å². The summed E-state index contributed by atoms with van der Waals surface area (Å²) in [7, 11) is -2.67. The molecule has 0 unspecified atom stereocenters. The first-order valence-corrected chi connectivity index (χ1v) is 12.3. The molecule has 0 saturated heterocycles. The first-order chi connectivity index (χ1) is 12.6. The first kappa shape index (κ1) is 24.0. The molecule has 0 bridgehead atoms. The van der Waals surface area contributed by atoms with Gasteiger partial charge in [0.1, 0.15) is 9.84 Å². The average Bonchev–Trinajstić information content (AvgIpc) is 3.28. The number of aryl methyl sites for hydroxylation is 1. The zero-order valence-electron chi connectivity index (χ0n) is 17.1. The maximum Gasteiger partial charge on any atom is 0.252 e. The number of amides is 1. The molecular weight excluding hydrogens is 382 g/mol. The van der Waals surface area contributed by atoms with Crippen LogP contribution in [-0.4, -0.2) is 32.9 Å². The van der Waals surface area contributed by atoms with E-state index in [0.29, 0.717) is 22.3 Å². The van der Waals surface area contributed by atoms with Crippen LogP contribution >= 0.6 is 11.6 Å². The highest BCUT2D eigenvalue weighted by Crippen LogP contribution is 2.27. The van der Waals surface area contributed by atoms with Crippen molar-refractivity contribution >= 4 is 27.3 Å². The summed E-state index contributed by atoms with van der Waals surface area (Å²) < 4.78 is 20.5. The van der Waals surface area contributed by atoms with Crippen molar-refractivity contribution in [3.05, 3.63) is 34.3 Å². The Morgan fingerprint density at radius 2 is 1.81 bits per heavy atom. The maximum absolute atomic E-state index is 11.8. The molecule has 0 radical (unpaired) electrons. The summed E-state index contributed by atoms with van der Waals surface area (Å²) in [5, 5.41) is 3.47. The van der Waals surface area contributed by atoms with E-state index in [9.17, 15) is 13.2 Å². The molecular formula is C21H34ClNO3S. The molecule has 0 aromatic heterocycles. The van der Waals surface area contributed by atoms with Gasteiger partial charge in [0.05, 0.1) is 10.6 Å². The van der Waals surface area contributed by atoms with E-state index in [2.05, 4.69) is 12.2 Å². The van der Waals surface area contributed by atoms with E-state index in [-0.39, 0.29) is 5.91 Å². The predicted octanol–water partition coefficient (Wildman–Crippen LogP) is 5.04. The summed E-state index contributed by atoms with van der Waals surface area (Å²) in [6.07, 6.45) is 8.71. The third-order valence-corrected chi connectivity index (χ3v) is 6.05. The normalized spacial score (nSPS) is 16.2. The van der Waals surface area contributed by atoms with E-state index < -0.39 is 9.84 Å². The SMILES string of the molecule is CC1CC1.CCCS(C)(=O)=O.Cc1ccc(C(=O)NCC2CCC2)c(Cl)c1. The van der Waals surface area contributed by atoms with Crippen LogP contribution in [0.25, 0.3) is 0 Å². The Labute approximate surface area is 170 Å². The van der Waals surface area contributed by atoms with Crippen molar-refractivity contribution in [1.82, 2.24) is 5.32 Å². The van der Waals surface area contributed by atoms with E-state index in [1.54, 1.807) is 6.07 Å². The Morgan fingerprint density at radius 3 is 2.15 bits per heavy atom. The molecule has 0 atom stereocenters. The molecule has 2 aliphatic carbocycles. The average molecular weight is 416 g/mol. The highest BCUT2D eigenvalue weighted by molar-refractivity contribution is 7.90. The fourth-order valence-corrected chi connectivity index (χ4v) is 3.43. The van der Waals surface area contributed by atoms with Crippen LogP contribution in [0.5, 0.6) is 0 Å². The number of benzene rings is 1. The standard InChI is InChI=1S/C13H16ClNO.C4H10O2S.C4H8/c1-9-5-6-11(12(14)7-9)13(16)15-8-10-3-2-4-10;1-3-4-7(2,5)6;1-4-2-3-4/h5-7,10H,2-4,8H2,1H3,(H,15,16);3-4H2,1-2H3;4H,2-3H2,1H3. The third-order valence-electron chi connectivity index (χ3n) is 4.59. The lowest BCUT2D eigenvalue weighted by Crippen LogP contribution is -2.32. The minimum absolute atomic E-state index is 0.0584. The number of carbonyl (C=O) groups is 1. The molecule has 0 spiro atoms. The lowest BCUT2D eigenvalue weighted by molar-refractivity contribution is 0.0939. The van der Waals surface area contributed by atoms with Crippen LogP contribution in [0, 0.1) is 18.8 Å². The summed E-state index contributed by atoms with van der Waals surface area (Å²) in [4.78, 5) is 11.8. The van der Waals surface area contributed by atoms with Crippen LogP contribution in [-0.2, 0) is 9.84 Å². The van der Waals surface area contributed by atoms with Crippen molar-refractivity contribution < 1.29 is 13.2 Å². The molecule has 4 nitrogen and oxygen atoms in total. The van der Waals surface area contributed by atoms with Crippen molar-refractivity contribution in [1.29, 1.82) is 0 Å². The second-order valence-electron chi connectivity index (χ2n) is 7.80. The Balaban J connectivity index is 0.000000273. The van der Waals surface area contributed by atoms with E-state index in [4.69, 9.17) is 11.6 Å². The molecule has 1 N–H and O–H groups in total. The molecule has 2 saturated carbocycles. The van der Waals surface area contributed by atoms with E-state index in [1.165, 1.54) is 38.4 Å². The summed E-state index contributed by atoms with van der Waals surface area (Å²) >= 11 is 6.03. The maximum atomic E-state index is 11.8. The first-order valence-electron chi connectivity index (χ1n) is 9.84. The molecule has 6 heteroatoms. The van der Waals surface area contributed by atoms with Crippen molar-refractivity contribution in [3.63, 3.8) is 0 Å². The molecule has 1 aromatic carbocycles. The van der Waals surface area contributed by atoms with Gasteiger partial charge < -0.3 is 5.32 Å². The van der Waals surface area contributed by atoms with Gasteiger partial charge in [0, 0.05) is 18.6 Å². The number of nitrogens with one attached hydrogen (secondary N) is 1. The Hall–Kier alpha value is -1.07. The zero-order chi connectivity index (χ0) is 20.4. The smallest absolute Gasteiger partial charge is 0.252 e. The molecule has 0 heterocycles. The quantitative estimate of drug-likeness (QED) is 0.732. The molecule has 1 amide bonds. The van der Waals surface area contributed by atoms with Gasteiger partial charge in [-0.05, 0) is 55.7 Å². The predicted molar refractivity (Wildman–Crippen MR) is 114 cm³/mol. The lowest BCUT2D eigenvalue weighted by Gasteiger charge is -2.25. The van der Waals surface area contributed by atoms with Crippen molar-refractivity contribution in [2.24, 2.45) is 11.8 Å². The molecule has 3 rings (SSSR count). The largest absolute Gasteiger partial charge is 0.352 e. The van der Waals surface area contributed by atoms with Crippen LogP contribution in [0.15, 0.2) is 18.2 Å². The summed E-state index contributed by atoms with van der Waals surface area (Å²) in [5.41, 5.74) is 1.65. The summed E-state index contributed by atoms with van der Waals surface area (Å²) in [5.74, 6) is 2.01. The molecule has 2 aliphatic rings. The monoisotopic (exact) mass is 415 g/mol. The highest BCUT2D eigenvalue weighted by Gasteiger charge is 2.19. The molecule has 0 aliphatic heterocycles. The van der Waals surface area contributed by atoms with Gasteiger partial charge in [-0.15, -0.1) is 0 Å². The number of hydrogen-bond donors (Lipinski definition) is 1. The van der Waals surface area contributed by atoms with Crippen molar-refractivity contribution in [3.8, 4) is 0 Å². The van der Waals surface area contributed by atoms with E-state index in [1.807, 2.05) is 26.0 Å². The number of sulfone groups is 1. The van der Waals surface area contributed by atoms with Gasteiger partial charge in [0.15, 0.2) is 0 Å². The Kier molecular flexibility index (Phi) is 10.4. The van der Waals surface area contributed by atoms with Crippen LogP contribution in [0.4, 0.5) is 0 Å². The van der Waals surface area contributed by atoms with Crippen molar-refractivity contribution in [2.75, 3.05) is 18.6 Å². The molecule has 154 valence electrons. The number of hydrogen-bond acceptors (Lipinski definition) is 3. The highest BCUT2D eigenvalue weighted by atomic mass is 35.5. The fourth-order valence-electron chi connectivity index (χ4n) is 2.37. The van der Waals surface area contributed by atoms with Crippen LogP contribution in [0.3, 0.4) is 0 Å². The minimum Gasteiger partial charge on any atom is -0.352 e. The summed E-state index contributed by atoms with van der Waals surface area (Å²) in [6.45, 7) is 6.87. The topological polar surface area (TPSA) is 63.2 Å². The Morgan fingerprint density at radius 1 is 1.22 bits per heavy atom. The molecule has 2 fully saturated rings. The van der Waals surface area contributed by atoms with Gasteiger partial charge >= 0.3 is 0 Å². The fraction of sp³-hybridized carbons (Fsp3) is 0.667. The van der Waals surface area contributed by atoms with Crippen molar-refractivity contribution in [2.45, 2.75) is 59.3 Å². The van der Waals surface area contributed by atoms with E-state index >= 15 is 0 Å². The zero-order valence-corrected chi connectivity index (χ0v) is 18.6. The molecule has 1 aromatic rings. The Bertz CT molecular complexity index is 695. The second-order valence-corrected chi connectivity index (χ2v) is 10.5. The number of rotatable bonds is 5. The third kappa shape index (κ3) is 11.4. The van der Waals surface area contributed by atoms with Crippen LogP contribution in [0.1, 0.15) is 68.3 Å². The lowest BCUT2D eigenvalue weighted by atomic mass is 9.85. The van der Waals surface area contributed by atoms with Gasteiger partial charge in [-0.25, -0.2) is 8.42 Å². The van der Waals surface area contributed by atoms with Gasteiger partial charge in [0.25, 0.3) is 5.91 Å². The summed E-state index contributed by atoms with van der Waals surface area (Å²) in [6, 6.07) is 5.51. The molecule has 27 heavy (non-hydrogen) atoms. The van der Waals surface area contributed by atoms with E-state index in [0.717, 1.165) is 24.4 Å². The van der Waals surface area contributed by atoms with Gasteiger partial charge in [-0.3, -0.25) is 4.79 Å².